The zero-order chi connectivity index (χ0) is 9.68. The first-order valence-corrected chi connectivity index (χ1v) is 5.22. The highest BCUT2D eigenvalue weighted by Gasteiger charge is 2.24. The molecule has 3 nitrogen and oxygen atoms in total. The predicted molar refractivity (Wildman–Crippen MR) is 52.1 cm³/mol. The largest absolute Gasteiger partial charge is 0.274 e. The van der Waals surface area contributed by atoms with Crippen LogP contribution >= 0.6 is 15.9 Å². The molecule has 0 atom stereocenters. The van der Waals surface area contributed by atoms with E-state index < -0.39 is 0 Å². The van der Waals surface area contributed by atoms with Crippen LogP contribution in [0.15, 0.2) is 0 Å². The molecule has 2 amide bonds. The number of carbonyl (C=O) groups excluding carboxylic acids is 2. The summed E-state index contributed by atoms with van der Waals surface area (Å²) in [5, 5.41) is 0.573. The predicted octanol–water partition coefficient (Wildman–Crippen LogP) is 0.924. The third-order valence-electron chi connectivity index (χ3n) is 1.81. The number of imide groups is 1. The summed E-state index contributed by atoms with van der Waals surface area (Å²) in [5.41, 5.74) is 0. The van der Waals surface area contributed by atoms with Gasteiger partial charge in [-0.15, -0.1) is 0 Å². The van der Waals surface area contributed by atoms with Gasteiger partial charge in [0.25, 0.3) is 0 Å². The fraction of sp³-hybridized carbons (Fsp3) is 0.556. The Bertz CT molecular complexity index is 261. The lowest BCUT2D eigenvalue weighted by Crippen LogP contribution is -2.40. The molecule has 1 fully saturated rings. The molecule has 13 heavy (non-hydrogen) atoms. The van der Waals surface area contributed by atoms with Crippen molar-refractivity contribution in [3.05, 3.63) is 0 Å². The number of rotatable bonds is 1. The number of amides is 2. The first-order valence-electron chi connectivity index (χ1n) is 4.10. The van der Waals surface area contributed by atoms with Crippen molar-refractivity contribution in [1.82, 2.24) is 4.90 Å². The molecule has 1 rings (SSSR count). The van der Waals surface area contributed by atoms with Gasteiger partial charge in [0.2, 0.25) is 11.8 Å². The highest BCUT2D eigenvalue weighted by molar-refractivity contribution is 9.09. The molecule has 0 aromatic rings. The van der Waals surface area contributed by atoms with Gasteiger partial charge in [0.15, 0.2) is 0 Å². The summed E-state index contributed by atoms with van der Waals surface area (Å²) in [6.45, 7) is 0.239. The van der Waals surface area contributed by atoms with Gasteiger partial charge in [-0.25, -0.2) is 0 Å². The Balaban J connectivity index is 2.54. The zero-order valence-electron chi connectivity index (χ0n) is 7.18. The maximum Gasteiger partial charge on any atom is 0.230 e. The maximum atomic E-state index is 11.2. The Labute approximate surface area is 85.6 Å². The van der Waals surface area contributed by atoms with Gasteiger partial charge in [-0.2, -0.15) is 0 Å². The second-order valence-corrected chi connectivity index (χ2v) is 3.28. The molecule has 4 heteroatoms. The molecular formula is C9H10BrNO2. The molecule has 70 valence electrons. The molecule has 0 bridgehead atoms. The molecule has 1 saturated heterocycles. The molecule has 0 aromatic heterocycles. The third-order valence-corrected chi connectivity index (χ3v) is 2.09. The van der Waals surface area contributed by atoms with Crippen molar-refractivity contribution >= 4 is 27.7 Å². The van der Waals surface area contributed by atoms with E-state index in [0.717, 1.165) is 0 Å². The standard InChI is InChI=1S/C9H10BrNO2/c10-6-1-2-7-11-8(12)4-3-5-9(11)13/h3-7H2. The van der Waals surface area contributed by atoms with Crippen molar-refractivity contribution in [3.63, 3.8) is 0 Å². The van der Waals surface area contributed by atoms with Gasteiger partial charge >= 0.3 is 0 Å². The molecule has 0 aromatic carbocycles. The van der Waals surface area contributed by atoms with E-state index in [1.807, 2.05) is 0 Å². The lowest BCUT2D eigenvalue weighted by molar-refractivity contribution is -0.147. The molecule has 0 unspecified atom stereocenters. The topological polar surface area (TPSA) is 37.4 Å². The minimum Gasteiger partial charge on any atom is -0.274 e. The van der Waals surface area contributed by atoms with Crippen LogP contribution in [0.4, 0.5) is 0 Å². The minimum atomic E-state index is -0.0971. The van der Waals surface area contributed by atoms with E-state index in [-0.39, 0.29) is 18.4 Å². The van der Waals surface area contributed by atoms with Crippen molar-refractivity contribution in [3.8, 4) is 11.8 Å². The van der Waals surface area contributed by atoms with Crippen molar-refractivity contribution in [2.45, 2.75) is 19.3 Å². The summed E-state index contributed by atoms with van der Waals surface area (Å²) in [7, 11) is 0. The van der Waals surface area contributed by atoms with Crippen molar-refractivity contribution in [2.75, 3.05) is 11.9 Å². The van der Waals surface area contributed by atoms with Crippen LogP contribution in [-0.2, 0) is 9.59 Å². The van der Waals surface area contributed by atoms with E-state index in [1.54, 1.807) is 0 Å². The normalized spacial score (nSPS) is 16.8. The average Bonchev–Trinajstić information content (AvgIpc) is 2.10. The first kappa shape index (κ1) is 10.3. The summed E-state index contributed by atoms with van der Waals surface area (Å²) in [4.78, 5) is 23.7. The van der Waals surface area contributed by atoms with Gasteiger partial charge < -0.3 is 0 Å². The zero-order valence-corrected chi connectivity index (χ0v) is 8.76. The Morgan fingerprint density at radius 3 is 2.38 bits per heavy atom. The third kappa shape index (κ3) is 2.85. The van der Waals surface area contributed by atoms with Crippen LogP contribution in [-0.4, -0.2) is 28.6 Å². The minimum absolute atomic E-state index is 0.0971. The summed E-state index contributed by atoms with van der Waals surface area (Å²) in [5.74, 6) is 5.32. The van der Waals surface area contributed by atoms with E-state index in [9.17, 15) is 9.59 Å². The number of likely N-dealkylation sites (tertiary alicyclic amines) is 1. The molecule has 1 aliphatic rings. The Kier molecular flexibility index (Phi) is 3.97. The van der Waals surface area contributed by atoms with Gasteiger partial charge in [0, 0.05) is 12.8 Å². The summed E-state index contributed by atoms with van der Waals surface area (Å²) >= 11 is 3.14. The second-order valence-electron chi connectivity index (χ2n) is 2.71. The van der Waals surface area contributed by atoms with Crippen LogP contribution in [0.25, 0.3) is 0 Å². The fourth-order valence-electron chi connectivity index (χ4n) is 1.16. The van der Waals surface area contributed by atoms with Crippen LogP contribution < -0.4 is 0 Å². The van der Waals surface area contributed by atoms with Gasteiger partial charge in [-0.1, -0.05) is 27.8 Å². The molecule has 0 radical (unpaired) electrons. The molecule has 0 N–H and O–H groups in total. The molecule has 1 aliphatic heterocycles. The molecule has 0 aliphatic carbocycles. The maximum absolute atomic E-state index is 11.2. The number of carbonyl (C=O) groups is 2. The van der Waals surface area contributed by atoms with E-state index in [4.69, 9.17) is 0 Å². The van der Waals surface area contributed by atoms with Crippen LogP contribution in [0.2, 0.25) is 0 Å². The first-order chi connectivity index (χ1) is 6.25. The number of nitrogens with zero attached hydrogens (tertiary/aromatic N) is 1. The van der Waals surface area contributed by atoms with Gasteiger partial charge in [-0.3, -0.25) is 14.5 Å². The van der Waals surface area contributed by atoms with Gasteiger partial charge in [0.1, 0.15) is 0 Å². The van der Waals surface area contributed by atoms with Crippen molar-refractivity contribution < 1.29 is 9.59 Å². The fourth-order valence-corrected chi connectivity index (χ4v) is 1.36. The number of hydrogen-bond donors (Lipinski definition) is 0. The summed E-state index contributed by atoms with van der Waals surface area (Å²) < 4.78 is 0. The molecule has 0 saturated carbocycles. The Morgan fingerprint density at radius 2 is 1.85 bits per heavy atom. The molecule has 1 heterocycles. The van der Waals surface area contributed by atoms with Crippen LogP contribution in [0.5, 0.6) is 0 Å². The van der Waals surface area contributed by atoms with Crippen LogP contribution in [0.3, 0.4) is 0 Å². The monoisotopic (exact) mass is 243 g/mol. The summed E-state index contributed by atoms with van der Waals surface area (Å²) in [6, 6.07) is 0. The van der Waals surface area contributed by atoms with Crippen molar-refractivity contribution in [1.29, 1.82) is 0 Å². The second kappa shape index (κ2) is 5.03. The number of hydrogen-bond acceptors (Lipinski definition) is 2. The van der Waals surface area contributed by atoms with Crippen LogP contribution in [0, 0.1) is 11.8 Å². The lowest BCUT2D eigenvalue weighted by Gasteiger charge is -2.22. The van der Waals surface area contributed by atoms with E-state index in [1.165, 1.54) is 4.90 Å². The molecule has 0 spiro atoms. The van der Waals surface area contributed by atoms with Crippen molar-refractivity contribution in [2.24, 2.45) is 0 Å². The van der Waals surface area contributed by atoms with Gasteiger partial charge in [0.05, 0.1) is 11.9 Å². The molecular weight excluding hydrogens is 234 g/mol. The van der Waals surface area contributed by atoms with Crippen LogP contribution in [0.1, 0.15) is 19.3 Å². The van der Waals surface area contributed by atoms with E-state index in [2.05, 4.69) is 27.8 Å². The Morgan fingerprint density at radius 1 is 1.23 bits per heavy atom. The van der Waals surface area contributed by atoms with Gasteiger partial charge in [-0.05, 0) is 6.42 Å². The van der Waals surface area contributed by atoms with E-state index >= 15 is 0 Å². The number of piperidine rings is 1. The lowest BCUT2D eigenvalue weighted by atomic mass is 10.1. The summed E-state index contributed by atoms with van der Waals surface area (Å²) in [6.07, 6.45) is 1.63. The highest BCUT2D eigenvalue weighted by atomic mass is 79.9. The SMILES string of the molecule is O=C1CCCC(=O)N1CC#CCBr. The quantitative estimate of drug-likeness (QED) is 0.391. The highest BCUT2D eigenvalue weighted by Crippen LogP contribution is 2.10. The van der Waals surface area contributed by atoms with E-state index in [0.29, 0.717) is 24.6 Å². The smallest absolute Gasteiger partial charge is 0.230 e. The Hall–Kier alpha value is -0.820. The average molecular weight is 244 g/mol. The number of halogens is 1. The number of alkyl halides is 1.